The molecule has 3 aromatic rings. The van der Waals surface area contributed by atoms with Crippen LogP contribution in [0.15, 0.2) is 78.9 Å². The molecule has 0 spiro atoms. The molecule has 0 heterocycles. The van der Waals surface area contributed by atoms with Crippen LogP contribution in [-0.4, -0.2) is 5.97 Å². The third-order valence-electron chi connectivity index (χ3n) is 3.72. The summed E-state index contributed by atoms with van der Waals surface area (Å²) in [6.45, 7) is 2.36. The zero-order chi connectivity index (χ0) is 16.1. The standard InChI is InChI=1S/C21H18O2/c1-16-7-9-18(10-8-16)19-11-13-20(14-12-19)21(22)23-15-17-5-3-2-4-6-17/h2-14H,15H2,1H3. The SMILES string of the molecule is Cc1ccc(-c2ccc(C(=O)OCc3ccccc3)cc2)cc1. The molecule has 0 unspecified atom stereocenters. The summed E-state index contributed by atoms with van der Waals surface area (Å²) in [5, 5.41) is 0. The second-order valence-electron chi connectivity index (χ2n) is 5.51. The summed E-state index contributed by atoms with van der Waals surface area (Å²) in [6.07, 6.45) is 0. The van der Waals surface area contributed by atoms with Crippen molar-refractivity contribution < 1.29 is 9.53 Å². The van der Waals surface area contributed by atoms with Gasteiger partial charge in [-0.05, 0) is 35.7 Å². The number of esters is 1. The van der Waals surface area contributed by atoms with Crippen LogP contribution in [0, 0.1) is 6.92 Å². The van der Waals surface area contributed by atoms with Crippen molar-refractivity contribution in [1.82, 2.24) is 0 Å². The Morgan fingerprint density at radius 1 is 0.783 bits per heavy atom. The molecule has 0 aliphatic heterocycles. The summed E-state index contributed by atoms with van der Waals surface area (Å²) >= 11 is 0. The average molecular weight is 302 g/mol. The molecule has 3 aromatic carbocycles. The van der Waals surface area contributed by atoms with Crippen LogP contribution in [0.3, 0.4) is 0 Å². The van der Waals surface area contributed by atoms with Crippen molar-refractivity contribution in [3.05, 3.63) is 95.6 Å². The minimum Gasteiger partial charge on any atom is -0.457 e. The number of benzene rings is 3. The topological polar surface area (TPSA) is 26.3 Å². The summed E-state index contributed by atoms with van der Waals surface area (Å²) < 4.78 is 5.34. The van der Waals surface area contributed by atoms with E-state index in [0.717, 1.165) is 16.7 Å². The Morgan fingerprint density at radius 2 is 1.35 bits per heavy atom. The van der Waals surface area contributed by atoms with E-state index in [-0.39, 0.29) is 5.97 Å². The summed E-state index contributed by atoms with van der Waals surface area (Å²) in [5.74, 6) is -0.302. The maximum atomic E-state index is 12.1. The lowest BCUT2D eigenvalue weighted by Crippen LogP contribution is -2.05. The summed E-state index contributed by atoms with van der Waals surface area (Å²) in [7, 11) is 0. The van der Waals surface area contributed by atoms with Crippen LogP contribution in [-0.2, 0) is 11.3 Å². The molecule has 0 saturated carbocycles. The summed E-state index contributed by atoms with van der Waals surface area (Å²) in [4.78, 5) is 12.1. The normalized spacial score (nSPS) is 10.3. The number of aryl methyl sites for hydroxylation is 1. The van der Waals surface area contributed by atoms with Crippen molar-refractivity contribution in [2.75, 3.05) is 0 Å². The predicted octanol–water partition coefficient (Wildman–Crippen LogP) is 5.02. The second kappa shape index (κ2) is 6.93. The zero-order valence-corrected chi connectivity index (χ0v) is 13.0. The number of ether oxygens (including phenoxy) is 1. The molecule has 0 aliphatic carbocycles. The van der Waals surface area contributed by atoms with E-state index in [1.807, 2.05) is 54.6 Å². The highest BCUT2D eigenvalue weighted by Gasteiger charge is 2.07. The fraction of sp³-hybridized carbons (Fsp3) is 0.0952. The van der Waals surface area contributed by atoms with E-state index in [0.29, 0.717) is 12.2 Å². The first-order chi connectivity index (χ1) is 11.2. The molecule has 0 fully saturated rings. The van der Waals surface area contributed by atoms with Gasteiger partial charge < -0.3 is 4.74 Å². The van der Waals surface area contributed by atoms with Crippen molar-refractivity contribution in [2.45, 2.75) is 13.5 Å². The van der Waals surface area contributed by atoms with Gasteiger partial charge in [-0.15, -0.1) is 0 Å². The van der Waals surface area contributed by atoms with Crippen LogP contribution in [0.5, 0.6) is 0 Å². The van der Waals surface area contributed by atoms with Crippen molar-refractivity contribution >= 4 is 5.97 Å². The lowest BCUT2D eigenvalue weighted by atomic mass is 10.0. The van der Waals surface area contributed by atoms with Gasteiger partial charge in [-0.25, -0.2) is 4.79 Å². The molecule has 114 valence electrons. The van der Waals surface area contributed by atoms with Crippen molar-refractivity contribution in [2.24, 2.45) is 0 Å². The molecule has 0 atom stereocenters. The first-order valence-corrected chi connectivity index (χ1v) is 7.60. The minimum atomic E-state index is -0.302. The van der Waals surface area contributed by atoms with Gasteiger partial charge in [-0.3, -0.25) is 0 Å². The fourth-order valence-electron chi connectivity index (χ4n) is 2.35. The van der Waals surface area contributed by atoms with E-state index in [2.05, 4.69) is 31.2 Å². The molecule has 23 heavy (non-hydrogen) atoms. The van der Waals surface area contributed by atoms with E-state index in [1.54, 1.807) is 0 Å². The number of hydrogen-bond donors (Lipinski definition) is 0. The molecule has 0 N–H and O–H groups in total. The Balaban J connectivity index is 1.67. The molecular formula is C21H18O2. The molecule has 0 saturated heterocycles. The summed E-state index contributed by atoms with van der Waals surface area (Å²) in [5.41, 5.74) is 5.01. The third-order valence-corrected chi connectivity index (χ3v) is 3.72. The molecule has 2 nitrogen and oxygen atoms in total. The third kappa shape index (κ3) is 3.86. The van der Waals surface area contributed by atoms with E-state index in [9.17, 15) is 4.79 Å². The molecule has 0 bridgehead atoms. The van der Waals surface area contributed by atoms with Crippen LogP contribution in [0.2, 0.25) is 0 Å². The molecular weight excluding hydrogens is 284 g/mol. The minimum absolute atomic E-state index is 0.291. The van der Waals surface area contributed by atoms with Gasteiger partial charge in [0.25, 0.3) is 0 Å². The Labute approximate surface area is 136 Å². The van der Waals surface area contributed by atoms with Gasteiger partial charge in [0.05, 0.1) is 5.56 Å². The average Bonchev–Trinajstić information content (AvgIpc) is 2.61. The van der Waals surface area contributed by atoms with Crippen molar-refractivity contribution in [3.63, 3.8) is 0 Å². The summed E-state index contributed by atoms with van der Waals surface area (Å²) in [6, 6.07) is 25.5. The lowest BCUT2D eigenvalue weighted by molar-refractivity contribution is 0.0473. The molecule has 0 aromatic heterocycles. The van der Waals surface area contributed by atoms with Crippen LogP contribution in [0.25, 0.3) is 11.1 Å². The second-order valence-corrected chi connectivity index (χ2v) is 5.51. The number of carbonyl (C=O) groups is 1. The highest BCUT2D eigenvalue weighted by atomic mass is 16.5. The zero-order valence-electron chi connectivity index (χ0n) is 13.0. The van der Waals surface area contributed by atoms with Gasteiger partial charge in [0, 0.05) is 0 Å². The van der Waals surface area contributed by atoms with E-state index >= 15 is 0 Å². The number of carbonyl (C=O) groups excluding carboxylic acids is 1. The largest absolute Gasteiger partial charge is 0.457 e. The van der Waals surface area contributed by atoms with E-state index in [4.69, 9.17) is 4.74 Å². The molecule has 0 aliphatic rings. The van der Waals surface area contributed by atoms with Gasteiger partial charge in [0.2, 0.25) is 0 Å². The Morgan fingerprint density at radius 3 is 1.96 bits per heavy atom. The maximum absolute atomic E-state index is 12.1. The fourth-order valence-corrected chi connectivity index (χ4v) is 2.35. The molecule has 2 heteroatoms. The Hall–Kier alpha value is -2.87. The van der Waals surface area contributed by atoms with E-state index in [1.165, 1.54) is 5.56 Å². The lowest BCUT2D eigenvalue weighted by Gasteiger charge is -2.06. The maximum Gasteiger partial charge on any atom is 0.338 e. The monoisotopic (exact) mass is 302 g/mol. The highest BCUT2D eigenvalue weighted by Crippen LogP contribution is 2.20. The van der Waals surface area contributed by atoms with Gasteiger partial charge in [0.15, 0.2) is 0 Å². The first-order valence-electron chi connectivity index (χ1n) is 7.60. The predicted molar refractivity (Wildman–Crippen MR) is 92.2 cm³/mol. The molecule has 0 amide bonds. The van der Waals surface area contributed by atoms with Crippen LogP contribution >= 0.6 is 0 Å². The van der Waals surface area contributed by atoms with Crippen molar-refractivity contribution in [1.29, 1.82) is 0 Å². The Kier molecular flexibility index (Phi) is 4.53. The van der Waals surface area contributed by atoms with Crippen LogP contribution in [0.1, 0.15) is 21.5 Å². The number of hydrogen-bond acceptors (Lipinski definition) is 2. The van der Waals surface area contributed by atoms with Crippen molar-refractivity contribution in [3.8, 4) is 11.1 Å². The first kappa shape index (κ1) is 15.0. The Bertz CT molecular complexity index is 772. The van der Waals surface area contributed by atoms with Gasteiger partial charge in [-0.2, -0.15) is 0 Å². The highest BCUT2D eigenvalue weighted by molar-refractivity contribution is 5.90. The molecule has 0 radical (unpaired) electrons. The van der Waals surface area contributed by atoms with Crippen LogP contribution in [0.4, 0.5) is 0 Å². The van der Waals surface area contributed by atoms with Gasteiger partial charge >= 0.3 is 5.97 Å². The van der Waals surface area contributed by atoms with Crippen LogP contribution < -0.4 is 0 Å². The quantitative estimate of drug-likeness (QED) is 0.633. The van der Waals surface area contributed by atoms with Gasteiger partial charge in [0.1, 0.15) is 6.61 Å². The number of rotatable bonds is 4. The smallest absolute Gasteiger partial charge is 0.338 e. The van der Waals surface area contributed by atoms with E-state index < -0.39 is 0 Å². The van der Waals surface area contributed by atoms with Gasteiger partial charge in [-0.1, -0.05) is 72.3 Å². The molecule has 3 rings (SSSR count).